The van der Waals surface area contributed by atoms with Crippen molar-refractivity contribution in [2.75, 3.05) is 26.4 Å². The van der Waals surface area contributed by atoms with Crippen LogP contribution in [0.25, 0.3) is 0 Å². The molecule has 1 aliphatic rings. The van der Waals surface area contributed by atoms with Crippen molar-refractivity contribution in [1.82, 2.24) is 0 Å². The van der Waals surface area contributed by atoms with Crippen LogP contribution in [0.3, 0.4) is 0 Å². The van der Waals surface area contributed by atoms with Crippen LogP contribution in [0.15, 0.2) is 30.3 Å². The molecule has 4 heteroatoms. The van der Waals surface area contributed by atoms with Crippen LogP contribution in [-0.2, 0) is 20.8 Å². The maximum absolute atomic E-state index is 9.39. The highest BCUT2D eigenvalue weighted by atomic mass is 16.7. The van der Waals surface area contributed by atoms with E-state index >= 15 is 0 Å². The summed E-state index contributed by atoms with van der Waals surface area (Å²) in [7, 11) is 0. The van der Waals surface area contributed by atoms with Gasteiger partial charge in [-0.25, -0.2) is 0 Å². The van der Waals surface area contributed by atoms with Gasteiger partial charge in [-0.15, -0.1) is 0 Å². The molecule has 0 aliphatic carbocycles. The third-order valence-corrected chi connectivity index (χ3v) is 3.69. The lowest BCUT2D eigenvalue weighted by molar-refractivity contribution is -0.165. The summed E-state index contributed by atoms with van der Waals surface area (Å²) in [6.45, 7) is 2.69. The number of benzene rings is 1. The van der Waals surface area contributed by atoms with E-state index in [1.165, 1.54) is 6.42 Å². The molecule has 0 bridgehead atoms. The van der Waals surface area contributed by atoms with Crippen LogP contribution >= 0.6 is 0 Å². The number of aliphatic hydroxyl groups excluding tert-OH is 1. The zero-order valence-electron chi connectivity index (χ0n) is 12.6. The van der Waals surface area contributed by atoms with Gasteiger partial charge >= 0.3 is 0 Å². The molecule has 1 saturated heterocycles. The summed E-state index contributed by atoms with van der Waals surface area (Å²) in [5.41, 5.74) is 1.15. The summed E-state index contributed by atoms with van der Waals surface area (Å²) in [6.07, 6.45) is 4.03. The van der Waals surface area contributed by atoms with Gasteiger partial charge in [-0.05, 0) is 31.2 Å². The summed E-state index contributed by atoms with van der Waals surface area (Å²) in [6, 6.07) is 10.1. The highest BCUT2D eigenvalue weighted by molar-refractivity contribution is 5.13. The largest absolute Gasteiger partial charge is 0.396 e. The first-order valence-electron chi connectivity index (χ1n) is 7.84. The Morgan fingerprint density at radius 1 is 1.24 bits per heavy atom. The van der Waals surface area contributed by atoms with Crippen molar-refractivity contribution in [3.05, 3.63) is 35.9 Å². The lowest BCUT2D eigenvalue weighted by Gasteiger charge is -2.23. The van der Waals surface area contributed by atoms with E-state index < -0.39 is 0 Å². The monoisotopic (exact) mass is 294 g/mol. The van der Waals surface area contributed by atoms with Crippen molar-refractivity contribution in [2.45, 2.75) is 38.6 Å². The zero-order valence-corrected chi connectivity index (χ0v) is 12.6. The van der Waals surface area contributed by atoms with E-state index in [1.54, 1.807) is 0 Å². The summed E-state index contributed by atoms with van der Waals surface area (Å²) < 4.78 is 16.9. The molecule has 0 amide bonds. The third-order valence-electron chi connectivity index (χ3n) is 3.69. The molecule has 1 heterocycles. The summed E-state index contributed by atoms with van der Waals surface area (Å²) >= 11 is 0. The molecule has 1 aromatic rings. The predicted molar refractivity (Wildman–Crippen MR) is 80.8 cm³/mol. The molecule has 1 aromatic carbocycles. The predicted octanol–water partition coefficient (Wildman–Crippen LogP) is 2.75. The molecule has 1 N–H and O–H groups in total. The third kappa shape index (κ3) is 6.57. The Morgan fingerprint density at radius 3 is 2.81 bits per heavy atom. The molecule has 0 spiro atoms. The maximum atomic E-state index is 9.39. The van der Waals surface area contributed by atoms with Crippen LogP contribution in [0.1, 0.15) is 31.2 Å². The van der Waals surface area contributed by atoms with Crippen LogP contribution in [0.2, 0.25) is 0 Å². The van der Waals surface area contributed by atoms with Gasteiger partial charge in [-0.2, -0.15) is 0 Å². The molecule has 2 rings (SSSR count). The average Bonchev–Trinajstić information content (AvgIpc) is 2.55. The summed E-state index contributed by atoms with van der Waals surface area (Å²) in [5.74, 6) is 0.123. The van der Waals surface area contributed by atoms with E-state index in [2.05, 4.69) is 0 Å². The second-order valence-electron chi connectivity index (χ2n) is 5.50. The van der Waals surface area contributed by atoms with Gasteiger partial charge in [0.1, 0.15) is 0 Å². The summed E-state index contributed by atoms with van der Waals surface area (Å²) in [4.78, 5) is 0. The molecular formula is C17H26O4. The van der Waals surface area contributed by atoms with Gasteiger partial charge in [0, 0.05) is 19.1 Å². The van der Waals surface area contributed by atoms with E-state index in [1.807, 2.05) is 30.3 Å². The van der Waals surface area contributed by atoms with Gasteiger partial charge < -0.3 is 19.3 Å². The van der Waals surface area contributed by atoms with E-state index in [0.29, 0.717) is 19.8 Å². The molecule has 2 atom stereocenters. The van der Waals surface area contributed by atoms with Crippen molar-refractivity contribution in [1.29, 1.82) is 0 Å². The summed E-state index contributed by atoms with van der Waals surface area (Å²) in [5, 5.41) is 9.39. The fraction of sp³-hybridized carbons (Fsp3) is 0.647. The van der Waals surface area contributed by atoms with Crippen LogP contribution in [-0.4, -0.2) is 37.8 Å². The first-order valence-corrected chi connectivity index (χ1v) is 7.84. The molecule has 1 aliphatic heterocycles. The Bertz CT molecular complexity index is 362. The fourth-order valence-electron chi connectivity index (χ4n) is 2.35. The topological polar surface area (TPSA) is 47.9 Å². The molecule has 0 radical (unpaired) electrons. The highest BCUT2D eigenvalue weighted by Crippen LogP contribution is 2.15. The zero-order chi connectivity index (χ0) is 14.8. The van der Waals surface area contributed by atoms with Gasteiger partial charge in [0.15, 0.2) is 6.29 Å². The Kier molecular flexibility index (Phi) is 7.75. The van der Waals surface area contributed by atoms with Gasteiger partial charge in [0.2, 0.25) is 0 Å². The van der Waals surface area contributed by atoms with Crippen LogP contribution in [0.4, 0.5) is 0 Å². The standard InChI is InChI=1S/C17H26O4/c18-12-16(9-11-21-17-8-4-5-10-20-17)14-19-13-15-6-2-1-3-7-15/h1-3,6-7,16-18H,4-5,8-14H2/t16-,17?/m1/s1. The molecular weight excluding hydrogens is 268 g/mol. The normalized spacial score (nSPS) is 20.3. The molecule has 0 aromatic heterocycles. The van der Waals surface area contributed by atoms with Crippen molar-refractivity contribution < 1.29 is 19.3 Å². The number of hydrogen-bond donors (Lipinski definition) is 1. The quantitative estimate of drug-likeness (QED) is 0.761. The minimum atomic E-state index is -0.0525. The van der Waals surface area contributed by atoms with E-state index in [9.17, 15) is 5.11 Å². The molecule has 1 fully saturated rings. The molecule has 21 heavy (non-hydrogen) atoms. The van der Waals surface area contributed by atoms with Gasteiger partial charge in [-0.3, -0.25) is 0 Å². The second-order valence-corrected chi connectivity index (χ2v) is 5.50. The fourth-order valence-corrected chi connectivity index (χ4v) is 2.35. The molecule has 4 nitrogen and oxygen atoms in total. The first kappa shape index (κ1) is 16.4. The minimum Gasteiger partial charge on any atom is -0.396 e. The Balaban J connectivity index is 1.57. The number of rotatable bonds is 9. The second kappa shape index (κ2) is 9.90. The van der Waals surface area contributed by atoms with Crippen molar-refractivity contribution in [3.63, 3.8) is 0 Å². The van der Waals surface area contributed by atoms with Crippen molar-refractivity contribution >= 4 is 0 Å². The first-order chi connectivity index (χ1) is 10.4. The Morgan fingerprint density at radius 2 is 2.10 bits per heavy atom. The lowest BCUT2D eigenvalue weighted by Crippen LogP contribution is -2.24. The van der Waals surface area contributed by atoms with Gasteiger partial charge in [-0.1, -0.05) is 30.3 Å². The maximum Gasteiger partial charge on any atom is 0.157 e. The SMILES string of the molecule is OC[C@@H](CCOC1CCCCO1)COCc1ccccc1. The minimum absolute atomic E-state index is 0.0525. The van der Waals surface area contributed by atoms with Gasteiger partial charge in [0.25, 0.3) is 0 Å². The highest BCUT2D eigenvalue weighted by Gasteiger charge is 2.15. The van der Waals surface area contributed by atoms with Crippen molar-refractivity contribution in [3.8, 4) is 0 Å². The molecule has 0 saturated carbocycles. The van der Waals surface area contributed by atoms with Crippen LogP contribution in [0, 0.1) is 5.92 Å². The molecule has 118 valence electrons. The van der Waals surface area contributed by atoms with Crippen LogP contribution in [0.5, 0.6) is 0 Å². The lowest BCUT2D eigenvalue weighted by atomic mass is 10.1. The van der Waals surface area contributed by atoms with Gasteiger partial charge in [0.05, 0.1) is 19.8 Å². The Hall–Kier alpha value is -0.940. The van der Waals surface area contributed by atoms with E-state index in [4.69, 9.17) is 14.2 Å². The Labute approximate surface area is 127 Å². The number of aliphatic hydroxyl groups is 1. The van der Waals surface area contributed by atoms with E-state index in [0.717, 1.165) is 31.4 Å². The smallest absolute Gasteiger partial charge is 0.157 e. The number of ether oxygens (including phenoxy) is 3. The van der Waals surface area contributed by atoms with Crippen LogP contribution < -0.4 is 0 Å². The van der Waals surface area contributed by atoms with Crippen molar-refractivity contribution in [2.24, 2.45) is 5.92 Å². The average molecular weight is 294 g/mol. The number of hydrogen-bond acceptors (Lipinski definition) is 4. The molecule has 1 unspecified atom stereocenters. The van der Waals surface area contributed by atoms with E-state index in [-0.39, 0.29) is 18.8 Å².